The van der Waals surface area contributed by atoms with E-state index in [2.05, 4.69) is 20.7 Å². The van der Waals surface area contributed by atoms with Crippen LogP contribution in [-0.4, -0.2) is 29.1 Å². The van der Waals surface area contributed by atoms with E-state index < -0.39 is 17.1 Å². The molecule has 0 spiro atoms. The summed E-state index contributed by atoms with van der Waals surface area (Å²) in [4.78, 5) is 38.2. The van der Waals surface area contributed by atoms with Crippen LogP contribution >= 0.6 is 27.7 Å². The van der Waals surface area contributed by atoms with Gasteiger partial charge in [-0.1, -0.05) is 28.1 Å². The first-order chi connectivity index (χ1) is 16.3. The van der Waals surface area contributed by atoms with Crippen LogP contribution in [0.25, 0.3) is 6.08 Å². The molecule has 0 aliphatic carbocycles. The molecule has 4 rings (SSSR count). The number of imide groups is 1. The molecule has 0 bridgehead atoms. The van der Waals surface area contributed by atoms with Gasteiger partial charge in [0.25, 0.3) is 11.1 Å². The molecule has 2 amide bonds. The maximum Gasteiger partial charge on any atom is 0.373 e. The summed E-state index contributed by atoms with van der Waals surface area (Å²) in [6.07, 6.45) is 1.58. The topological polar surface area (TPSA) is 86.0 Å². The van der Waals surface area contributed by atoms with Gasteiger partial charge in [0.1, 0.15) is 23.9 Å². The van der Waals surface area contributed by atoms with Gasteiger partial charge in [-0.25, -0.2) is 9.18 Å². The molecule has 2 heterocycles. The van der Waals surface area contributed by atoms with E-state index in [0.717, 1.165) is 26.7 Å². The van der Waals surface area contributed by atoms with E-state index in [1.807, 2.05) is 0 Å². The van der Waals surface area contributed by atoms with Gasteiger partial charge in [-0.05, 0) is 65.9 Å². The van der Waals surface area contributed by atoms with Crippen LogP contribution in [0, 0.1) is 5.82 Å². The van der Waals surface area contributed by atoms with E-state index >= 15 is 0 Å². The SMILES string of the molecule is COC(=O)c1ccc(CN2C(=O)S/C(=C/c3cc(Br)ccc3OCc3ccc(F)cc3)C2=O)o1. The minimum atomic E-state index is -0.650. The molecule has 1 aliphatic heterocycles. The first kappa shape index (κ1) is 23.8. The molecule has 10 heteroatoms. The minimum Gasteiger partial charge on any atom is -0.488 e. The molecule has 0 saturated carbocycles. The normalized spacial score (nSPS) is 14.7. The number of rotatable bonds is 7. The van der Waals surface area contributed by atoms with Gasteiger partial charge in [-0.2, -0.15) is 0 Å². The average molecular weight is 546 g/mol. The Hall–Kier alpha value is -3.37. The van der Waals surface area contributed by atoms with Crippen LogP contribution in [0.3, 0.4) is 0 Å². The van der Waals surface area contributed by atoms with Crippen molar-refractivity contribution in [3.8, 4) is 5.75 Å². The van der Waals surface area contributed by atoms with Crippen LogP contribution in [0.4, 0.5) is 9.18 Å². The monoisotopic (exact) mass is 545 g/mol. The summed E-state index contributed by atoms with van der Waals surface area (Å²) in [6.45, 7) is 0.0800. The predicted molar refractivity (Wildman–Crippen MR) is 126 cm³/mol. The van der Waals surface area contributed by atoms with E-state index in [1.165, 1.54) is 31.4 Å². The molecule has 1 aromatic heterocycles. The standard InChI is InChI=1S/C24H17BrFNO6S/c1-31-23(29)20-9-7-18(33-20)12-27-22(28)21(34-24(27)30)11-15-10-16(25)4-8-19(15)32-13-14-2-5-17(26)6-3-14/h2-11H,12-13H2,1H3/b21-11+. The summed E-state index contributed by atoms with van der Waals surface area (Å²) in [5, 5.41) is -0.462. The molecule has 1 aliphatic rings. The Balaban J connectivity index is 1.52. The Labute approximate surface area is 206 Å². The summed E-state index contributed by atoms with van der Waals surface area (Å²) < 4.78 is 29.7. The number of carbonyl (C=O) groups excluding carboxylic acids is 3. The van der Waals surface area contributed by atoms with E-state index in [0.29, 0.717) is 11.3 Å². The summed E-state index contributed by atoms with van der Waals surface area (Å²) in [7, 11) is 1.23. The molecule has 3 aromatic rings. The van der Waals surface area contributed by atoms with Gasteiger partial charge in [0.05, 0.1) is 18.6 Å². The maximum absolute atomic E-state index is 13.1. The van der Waals surface area contributed by atoms with E-state index in [9.17, 15) is 18.8 Å². The van der Waals surface area contributed by atoms with Gasteiger partial charge in [-0.3, -0.25) is 14.5 Å². The van der Waals surface area contributed by atoms with E-state index in [1.54, 1.807) is 36.4 Å². The second kappa shape index (κ2) is 10.3. The van der Waals surface area contributed by atoms with Gasteiger partial charge in [0.2, 0.25) is 5.76 Å². The molecule has 7 nitrogen and oxygen atoms in total. The highest BCUT2D eigenvalue weighted by molar-refractivity contribution is 9.10. The van der Waals surface area contributed by atoms with Crippen molar-refractivity contribution in [2.75, 3.05) is 7.11 Å². The van der Waals surface area contributed by atoms with Crippen molar-refractivity contribution < 1.29 is 32.7 Å². The van der Waals surface area contributed by atoms with Crippen LogP contribution in [0.2, 0.25) is 0 Å². The highest BCUT2D eigenvalue weighted by Crippen LogP contribution is 2.36. The third-order valence-corrected chi connectivity index (χ3v) is 6.20. The summed E-state index contributed by atoms with van der Waals surface area (Å²) in [5.74, 6) is -0.724. The summed E-state index contributed by atoms with van der Waals surface area (Å²) in [6, 6.07) is 14.2. The van der Waals surface area contributed by atoms with Gasteiger partial charge in [0, 0.05) is 10.0 Å². The third kappa shape index (κ3) is 5.40. The van der Waals surface area contributed by atoms with Crippen molar-refractivity contribution in [1.82, 2.24) is 4.90 Å². The number of ether oxygens (including phenoxy) is 2. The molecule has 0 unspecified atom stereocenters. The van der Waals surface area contributed by atoms with Crippen LogP contribution in [0.1, 0.15) is 27.4 Å². The zero-order valence-corrected chi connectivity index (χ0v) is 20.2. The number of methoxy groups -OCH3 is 1. The number of carbonyl (C=O) groups is 3. The molecular weight excluding hydrogens is 529 g/mol. The lowest BCUT2D eigenvalue weighted by atomic mass is 10.1. The van der Waals surface area contributed by atoms with Gasteiger partial charge in [0.15, 0.2) is 0 Å². The van der Waals surface area contributed by atoms with Crippen molar-refractivity contribution in [2.45, 2.75) is 13.2 Å². The van der Waals surface area contributed by atoms with E-state index in [4.69, 9.17) is 9.15 Å². The molecular formula is C24H17BrFNO6S. The lowest BCUT2D eigenvalue weighted by Crippen LogP contribution is -2.27. The first-order valence-corrected chi connectivity index (χ1v) is 11.5. The smallest absolute Gasteiger partial charge is 0.373 e. The number of benzene rings is 2. The van der Waals surface area contributed by atoms with Crippen molar-refractivity contribution >= 4 is 50.9 Å². The number of nitrogens with zero attached hydrogens (tertiary/aromatic N) is 1. The van der Waals surface area contributed by atoms with Crippen LogP contribution in [0.15, 0.2) is 68.4 Å². The fourth-order valence-electron chi connectivity index (χ4n) is 3.11. The lowest BCUT2D eigenvalue weighted by molar-refractivity contribution is -0.123. The second-order valence-electron chi connectivity index (χ2n) is 7.12. The molecule has 1 fully saturated rings. The number of thioether (sulfide) groups is 1. The lowest BCUT2D eigenvalue weighted by Gasteiger charge is -2.11. The fraction of sp³-hybridized carbons (Fsp3) is 0.125. The Bertz CT molecular complexity index is 1290. The number of esters is 1. The molecule has 1 saturated heterocycles. The van der Waals surface area contributed by atoms with Crippen LogP contribution in [-0.2, 0) is 22.7 Å². The van der Waals surface area contributed by atoms with Gasteiger partial charge < -0.3 is 13.9 Å². The number of furan rings is 1. The largest absolute Gasteiger partial charge is 0.488 e. The first-order valence-electron chi connectivity index (χ1n) is 9.93. The summed E-state index contributed by atoms with van der Waals surface area (Å²) in [5.41, 5.74) is 1.37. The number of amides is 2. The summed E-state index contributed by atoms with van der Waals surface area (Å²) >= 11 is 4.20. The Morgan fingerprint density at radius 1 is 1.15 bits per heavy atom. The quantitative estimate of drug-likeness (QED) is 0.274. The molecule has 0 N–H and O–H groups in total. The number of hydrogen-bond acceptors (Lipinski definition) is 7. The highest BCUT2D eigenvalue weighted by Gasteiger charge is 2.36. The number of hydrogen-bond donors (Lipinski definition) is 0. The van der Waals surface area contributed by atoms with Crippen molar-refractivity contribution in [3.63, 3.8) is 0 Å². The van der Waals surface area contributed by atoms with Gasteiger partial charge in [-0.15, -0.1) is 0 Å². The molecule has 34 heavy (non-hydrogen) atoms. The maximum atomic E-state index is 13.1. The Morgan fingerprint density at radius 2 is 1.91 bits per heavy atom. The van der Waals surface area contributed by atoms with Crippen molar-refractivity contribution in [3.05, 3.63) is 92.4 Å². The zero-order chi connectivity index (χ0) is 24.2. The molecule has 2 aromatic carbocycles. The fourth-order valence-corrected chi connectivity index (χ4v) is 4.32. The average Bonchev–Trinajstić information content (AvgIpc) is 3.39. The molecule has 0 radical (unpaired) electrons. The zero-order valence-electron chi connectivity index (χ0n) is 17.7. The van der Waals surface area contributed by atoms with Crippen LogP contribution in [0.5, 0.6) is 5.75 Å². The van der Waals surface area contributed by atoms with Crippen LogP contribution < -0.4 is 4.74 Å². The van der Waals surface area contributed by atoms with Gasteiger partial charge >= 0.3 is 5.97 Å². The molecule has 0 atom stereocenters. The van der Waals surface area contributed by atoms with Crippen molar-refractivity contribution in [2.24, 2.45) is 0 Å². The highest BCUT2D eigenvalue weighted by atomic mass is 79.9. The second-order valence-corrected chi connectivity index (χ2v) is 9.03. The number of halogens is 2. The minimum absolute atomic E-state index is 0.0166. The van der Waals surface area contributed by atoms with Crippen molar-refractivity contribution in [1.29, 1.82) is 0 Å². The molecule has 174 valence electrons. The third-order valence-electron chi connectivity index (χ3n) is 4.80. The Morgan fingerprint density at radius 3 is 2.65 bits per heavy atom. The van der Waals surface area contributed by atoms with E-state index in [-0.39, 0.29) is 35.4 Å². The predicted octanol–water partition coefficient (Wildman–Crippen LogP) is 5.78. The Kier molecular flexibility index (Phi) is 7.18.